The third kappa shape index (κ3) is 3.52. The topological polar surface area (TPSA) is 109 Å². The number of piperidine rings is 1. The van der Waals surface area contributed by atoms with Crippen molar-refractivity contribution in [2.75, 3.05) is 19.3 Å². The van der Waals surface area contributed by atoms with Crippen molar-refractivity contribution in [1.29, 1.82) is 0 Å². The summed E-state index contributed by atoms with van der Waals surface area (Å²) in [5, 5.41) is 8.17. The molecule has 0 bridgehead atoms. The zero-order valence-electron chi connectivity index (χ0n) is 13.0. The number of rotatable bonds is 6. The van der Waals surface area contributed by atoms with Gasteiger partial charge in [-0.05, 0) is 32.6 Å². The Morgan fingerprint density at radius 3 is 2.05 bits per heavy atom. The first-order valence-corrected chi connectivity index (χ1v) is 10.3. The summed E-state index contributed by atoms with van der Waals surface area (Å²) in [4.78, 5) is 11.3. The molecule has 0 aliphatic carbocycles. The van der Waals surface area contributed by atoms with E-state index in [0.717, 1.165) is 20.1 Å². The van der Waals surface area contributed by atoms with E-state index in [0.29, 0.717) is 12.8 Å². The summed E-state index contributed by atoms with van der Waals surface area (Å²) in [7, 11) is -7.28. The molecule has 1 atom stereocenters. The van der Waals surface area contributed by atoms with Crippen LogP contribution in [0.25, 0.3) is 0 Å². The molecule has 1 aliphatic rings. The molecule has 1 rings (SSSR count). The maximum Gasteiger partial charge on any atom is 0.324 e. The molecule has 9 heteroatoms. The molecule has 22 heavy (non-hydrogen) atoms. The molecular weight excluding hydrogens is 330 g/mol. The van der Waals surface area contributed by atoms with E-state index < -0.39 is 35.8 Å². The van der Waals surface area contributed by atoms with Gasteiger partial charge in [0.25, 0.3) is 0 Å². The number of hydrogen-bond donors (Lipinski definition) is 1. The molecule has 0 saturated carbocycles. The van der Waals surface area contributed by atoms with Crippen LogP contribution in [0.15, 0.2) is 12.7 Å². The van der Waals surface area contributed by atoms with Gasteiger partial charge < -0.3 is 5.11 Å². The average Bonchev–Trinajstić information content (AvgIpc) is 2.38. The standard InChI is InChI=1S/C13H23NO6S2/c1-5-11(22(19,20)13(2,3)12(15)16)10-6-8-14(9-7-10)21(4,17)18/h5,10-11H,1,6-9H2,2-4H3,(H,15,16). The van der Waals surface area contributed by atoms with Gasteiger partial charge in [0.1, 0.15) is 0 Å². The normalized spacial score (nSPS) is 20.5. The van der Waals surface area contributed by atoms with E-state index in [1.165, 1.54) is 10.4 Å². The zero-order valence-corrected chi connectivity index (χ0v) is 14.7. The van der Waals surface area contributed by atoms with E-state index in [1.807, 2.05) is 0 Å². The van der Waals surface area contributed by atoms with Gasteiger partial charge in [0.05, 0.1) is 11.5 Å². The molecule has 128 valence electrons. The van der Waals surface area contributed by atoms with Crippen LogP contribution in [-0.4, -0.2) is 61.6 Å². The number of aliphatic carboxylic acids is 1. The highest BCUT2D eigenvalue weighted by Gasteiger charge is 2.48. The SMILES string of the molecule is C=CC(C1CCN(S(C)(=O)=O)CC1)S(=O)(=O)C(C)(C)C(=O)O. The second-order valence-corrected chi connectivity index (χ2v) is 10.7. The lowest BCUT2D eigenvalue weighted by Crippen LogP contribution is -2.49. The third-order valence-corrected chi connectivity index (χ3v) is 8.44. The molecule has 1 unspecified atom stereocenters. The zero-order chi connectivity index (χ0) is 17.3. The van der Waals surface area contributed by atoms with E-state index in [2.05, 4.69) is 6.58 Å². The highest BCUT2D eigenvalue weighted by molar-refractivity contribution is 7.94. The summed E-state index contributed by atoms with van der Waals surface area (Å²) in [6.45, 7) is 6.32. The van der Waals surface area contributed by atoms with Crippen LogP contribution in [0.2, 0.25) is 0 Å². The summed E-state index contributed by atoms with van der Waals surface area (Å²) in [6.07, 6.45) is 3.10. The molecule has 0 amide bonds. The molecule has 1 fully saturated rings. The number of carboxylic acids is 1. The summed E-state index contributed by atoms with van der Waals surface area (Å²) in [6, 6.07) is 0. The lowest BCUT2D eigenvalue weighted by atomic mass is 9.94. The van der Waals surface area contributed by atoms with Gasteiger partial charge in [-0.25, -0.2) is 21.1 Å². The highest BCUT2D eigenvalue weighted by Crippen LogP contribution is 2.32. The number of carbonyl (C=O) groups is 1. The maximum absolute atomic E-state index is 12.6. The minimum absolute atomic E-state index is 0.233. The average molecular weight is 353 g/mol. The van der Waals surface area contributed by atoms with E-state index >= 15 is 0 Å². The van der Waals surface area contributed by atoms with Gasteiger partial charge in [-0.2, -0.15) is 0 Å². The van der Waals surface area contributed by atoms with Crippen molar-refractivity contribution in [1.82, 2.24) is 4.31 Å². The Morgan fingerprint density at radius 2 is 1.73 bits per heavy atom. The van der Waals surface area contributed by atoms with Crippen molar-refractivity contribution in [2.24, 2.45) is 5.92 Å². The smallest absolute Gasteiger partial charge is 0.324 e. The van der Waals surface area contributed by atoms with E-state index in [4.69, 9.17) is 5.11 Å². The number of nitrogens with zero attached hydrogens (tertiary/aromatic N) is 1. The van der Waals surface area contributed by atoms with Crippen molar-refractivity contribution in [3.8, 4) is 0 Å². The molecule has 1 aliphatic heterocycles. The van der Waals surface area contributed by atoms with Crippen LogP contribution in [0, 0.1) is 5.92 Å². The first kappa shape index (κ1) is 19.1. The largest absolute Gasteiger partial charge is 0.480 e. The third-order valence-electron chi connectivity index (χ3n) is 4.25. The molecule has 7 nitrogen and oxygen atoms in total. The van der Waals surface area contributed by atoms with Crippen LogP contribution in [0.4, 0.5) is 0 Å². The Bertz CT molecular complexity index is 642. The first-order valence-electron chi connectivity index (χ1n) is 6.90. The lowest BCUT2D eigenvalue weighted by Gasteiger charge is -2.35. The summed E-state index contributed by atoms with van der Waals surface area (Å²) in [5.74, 6) is -1.74. The van der Waals surface area contributed by atoms with Gasteiger partial charge in [-0.15, -0.1) is 6.58 Å². The van der Waals surface area contributed by atoms with Crippen LogP contribution in [-0.2, 0) is 24.7 Å². The second kappa shape index (κ2) is 6.29. The highest BCUT2D eigenvalue weighted by atomic mass is 32.2. The van der Waals surface area contributed by atoms with E-state index in [1.54, 1.807) is 0 Å². The van der Waals surface area contributed by atoms with Crippen LogP contribution in [0.3, 0.4) is 0 Å². The number of sulfone groups is 1. The lowest BCUT2D eigenvalue weighted by molar-refractivity contribution is -0.139. The molecular formula is C13H23NO6S2. The van der Waals surface area contributed by atoms with Gasteiger partial charge >= 0.3 is 5.97 Å². The van der Waals surface area contributed by atoms with Crippen molar-refractivity contribution in [2.45, 2.75) is 36.7 Å². The van der Waals surface area contributed by atoms with Gasteiger partial charge in [0.2, 0.25) is 10.0 Å². The Labute approximate surface area is 132 Å². The van der Waals surface area contributed by atoms with Crippen molar-refractivity contribution in [3.05, 3.63) is 12.7 Å². The number of carboxylic acid groups (broad SMARTS) is 1. The molecule has 0 aromatic rings. The summed E-state index contributed by atoms with van der Waals surface area (Å²) in [5.41, 5.74) is 0. The van der Waals surface area contributed by atoms with Crippen molar-refractivity contribution >= 4 is 25.8 Å². The minimum atomic E-state index is -3.99. The number of hydrogen-bond acceptors (Lipinski definition) is 5. The van der Waals surface area contributed by atoms with E-state index in [-0.39, 0.29) is 19.0 Å². The Kier molecular flexibility index (Phi) is 5.46. The fraction of sp³-hybridized carbons (Fsp3) is 0.769. The molecule has 0 aromatic carbocycles. The predicted octanol–water partition coefficient (Wildman–Crippen LogP) is 0.491. The fourth-order valence-corrected chi connectivity index (χ4v) is 5.40. The number of sulfonamides is 1. The molecule has 0 aromatic heterocycles. The predicted molar refractivity (Wildman–Crippen MR) is 83.8 cm³/mol. The quantitative estimate of drug-likeness (QED) is 0.696. The van der Waals surface area contributed by atoms with Crippen LogP contribution < -0.4 is 0 Å². The van der Waals surface area contributed by atoms with Crippen molar-refractivity contribution in [3.63, 3.8) is 0 Å². The summed E-state index contributed by atoms with van der Waals surface area (Å²) >= 11 is 0. The van der Waals surface area contributed by atoms with Crippen LogP contribution >= 0.6 is 0 Å². The minimum Gasteiger partial charge on any atom is -0.480 e. The molecule has 0 spiro atoms. The first-order chi connectivity index (χ1) is 9.85. The Morgan fingerprint density at radius 1 is 1.27 bits per heavy atom. The Hall–Kier alpha value is -0.930. The fourth-order valence-electron chi connectivity index (χ4n) is 2.57. The molecule has 1 N–H and O–H groups in total. The van der Waals surface area contributed by atoms with Crippen LogP contribution in [0.5, 0.6) is 0 Å². The van der Waals surface area contributed by atoms with Gasteiger partial charge in [-0.1, -0.05) is 6.08 Å². The second-order valence-electron chi connectivity index (χ2n) is 6.06. The molecule has 1 saturated heterocycles. The van der Waals surface area contributed by atoms with Gasteiger partial charge in [0.15, 0.2) is 14.6 Å². The van der Waals surface area contributed by atoms with Gasteiger partial charge in [-0.3, -0.25) is 4.79 Å². The molecule has 0 radical (unpaired) electrons. The van der Waals surface area contributed by atoms with Gasteiger partial charge in [0, 0.05) is 13.1 Å². The Balaban J connectivity index is 3.01. The van der Waals surface area contributed by atoms with Crippen LogP contribution in [0.1, 0.15) is 26.7 Å². The summed E-state index contributed by atoms with van der Waals surface area (Å²) < 4.78 is 47.6. The monoisotopic (exact) mass is 353 g/mol. The maximum atomic E-state index is 12.6. The molecule has 1 heterocycles. The van der Waals surface area contributed by atoms with Crippen molar-refractivity contribution < 1.29 is 26.7 Å². The van der Waals surface area contributed by atoms with E-state index in [9.17, 15) is 21.6 Å².